The number of carbonyl (C=O) groups excluding carboxylic acids is 2. The molecule has 2 aromatic carbocycles. The molecular formula is C18H16N4O4. The van der Waals surface area contributed by atoms with Crippen molar-refractivity contribution in [3.8, 4) is 0 Å². The van der Waals surface area contributed by atoms with Gasteiger partial charge in [-0.15, -0.1) is 0 Å². The molecule has 0 aliphatic heterocycles. The van der Waals surface area contributed by atoms with Gasteiger partial charge in [-0.3, -0.25) is 5.32 Å². The number of hydrogen-bond donors (Lipinski definition) is 1. The van der Waals surface area contributed by atoms with Gasteiger partial charge in [0.2, 0.25) is 0 Å². The lowest BCUT2D eigenvalue weighted by Crippen LogP contribution is -2.29. The first-order valence-corrected chi connectivity index (χ1v) is 7.62. The zero-order chi connectivity index (χ0) is 18.6. The number of alkyl carbamates (subject to hydrolysis) is 1. The minimum Gasteiger partial charge on any atom is -0.456 e. The largest absolute Gasteiger partial charge is 0.456 e. The number of amides is 1. The normalized spacial score (nSPS) is 10.4. The van der Waals surface area contributed by atoms with E-state index in [2.05, 4.69) is 15.3 Å². The molecule has 8 nitrogen and oxygen atoms in total. The molecule has 0 saturated heterocycles. The average Bonchev–Trinajstić information content (AvgIpc) is 2.69. The number of rotatable bonds is 7. The van der Waals surface area contributed by atoms with Gasteiger partial charge in [0.05, 0.1) is 0 Å². The van der Waals surface area contributed by atoms with Gasteiger partial charge < -0.3 is 9.47 Å². The molecule has 0 bridgehead atoms. The number of esters is 1. The van der Waals surface area contributed by atoms with E-state index >= 15 is 0 Å². The first kappa shape index (κ1) is 18.6. The molecule has 2 rings (SSSR count). The highest BCUT2D eigenvalue weighted by Gasteiger charge is 2.15. The van der Waals surface area contributed by atoms with Crippen LogP contribution in [0, 0.1) is 0 Å². The summed E-state index contributed by atoms with van der Waals surface area (Å²) >= 11 is 0. The molecule has 0 aliphatic rings. The van der Waals surface area contributed by atoms with Crippen molar-refractivity contribution in [2.45, 2.75) is 13.2 Å². The molecule has 0 atom stereocenters. The molecule has 26 heavy (non-hydrogen) atoms. The quantitative estimate of drug-likeness (QED) is 0.268. The van der Waals surface area contributed by atoms with E-state index in [0.29, 0.717) is 0 Å². The van der Waals surface area contributed by atoms with E-state index < -0.39 is 12.1 Å². The van der Waals surface area contributed by atoms with Crippen LogP contribution in [0.15, 0.2) is 77.7 Å². The molecule has 2 aromatic rings. The molecule has 0 aromatic heterocycles. The number of nitrogens with one attached hydrogen (secondary N) is 1. The highest BCUT2D eigenvalue weighted by atomic mass is 16.6. The Labute approximate surface area is 149 Å². The summed E-state index contributed by atoms with van der Waals surface area (Å²) in [4.78, 5) is 26.5. The SMILES string of the molecule is [N-]=[N+]=N/C=C(/NC(=O)OCc1ccccc1)C(=O)OCc1ccccc1. The van der Waals surface area contributed by atoms with Crippen LogP contribution in [-0.4, -0.2) is 12.1 Å². The molecule has 132 valence electrons. The van der Waals surface area contributed by atoms with Crippen LogP contribution in [0.3, 0.4) is 0 Å². The smallest absolute Gasteiger partial charge is 0.412 e. The third kappa shape index (κ3) is 6.38. The maximum absolute atomic E-state index is 12.1. The number of azide groups is 1. The molecule has 0 saturated carbocycles. The average molecular weight is 352 g/mol. The fourth-order valence-corrected chi connectivity index (χ4v) is 1.89. The molecule has 0 fully saturated rings. The maximum atomic E-state index is 12.1. The molecule has 1 N–H and O–H groups in total. The van der Waals surface area contributed by atoms with Crippen molar-refractivity contribution in [3.63, 3.8) is 0 Å². The van der Waals surface area contributed by atoms with Crippen molar-refractivity contribution in [3.05, 3.63) is 94.1 Å². The van der Waals surface area contributed by atoms with E-state index in [0.717, 1.165) is 17.3 Å². The van der Waals surface area contributed by atoms with Gasteiger partial charge in [-0.2, -0.15) is 0 Å². The Morgan fingerprint density at radius 2 is 1.50 bits per heavy atom. The van der Waals surface area contributed by atoms with Crippen molar-refractivity contribution in [2.75, 3.05) is 0 Å². The Bertz CT molecular complexity index is 816. The molecular weight excluding hydrogens is 336 g/mol. The summed E-state index contributed by atoms with van der Waals surface area (Å²) in [5.74, 6) is -0.849. The van der Waals surface area contributed by atoms with Gasteiger partial charge in [-0.25, -0.2) is 9.59 Å². The lowest BCUT2D eigenvalue weighted by molar-refractivity contribution is -0.140. The van der Waals surface area contributed by atoms with Crippen molar-refractivity contribution < 1.29 is 19.1 Å². The number of benzene rings is 2. The van der Waals surface area contributed by atoms with Crippen molar-refractivity contribution >= 4 is 12.1 Å². The summed E-state index contributed by atoms with van der Waals surface area (Å²) in [5.41, 5.74) is 9.65. The van der Waals surface area contributed by atoms with E-state index in [1.165, 1.54) is 0 Å². The van der Waals surface area contributed by atoms with Gasteiger partial charge in [-0.1, -0.05) is 65.8 Å². The summed E-state index contributed by atoms with van der Waals surface area (Å²) in [6.07, 6.45) is -0.0122. The fourth-order valence-electron chi connectivity index (χ4n) is 1.89. The predicted molar refractivity (Wildman–Crippen MR) is 93.2 cm³/mol. The Morgan fingerprint density at radius 3 is 2.04 bits per heavy atom. The number of hydrogen-bond acceptors (Lipinski definition) is 5. The van der Waals surface area contributed by atoms with E-state index in [1.807, 2.05) is 24.3 Å². The van der Waals surface area contributed by atoms with Crippen molar-refractivity contribution in [1.29, 1.82) is 0 Å². The Morgan fingerprint density at radius 1 is 0.962 bits per heavy atom. The standard InChI is InChI=1S/C18H16N4O4/c19-22-20-11-16(17(23)25-12-14-7-3-1-4-8-14)21-18(24)26-13-15-9-5-2-6-10-15/h1-11H,12-13H2,(H,21,24)/b16-11+. The zero-order valence-electron chi connectivity index (χ0n) is 13.7. The molecule has 0 aliphatic carbocycles. The lowest BCUT2D eigenvalue weighted by Gasteiger charge is -2.10. The molecule has 0 radical (unpaired) electrons. The van der Waals surface area contributed by atoms with Crippen LogP contribution in [0.1, 0.15) is 11.1 Å². The third-order valence-corrected chi connectivity index (χ3v) is 3.12. The van der Waals surface area contributed by atoms with E-state index in [-0.39, 0.29) is 18.9 Å². The topological polar surface area (TPSA) is 113 Å². The molecule has 0 heterocycles. The van der Waals surface area contributed by atoms with Gasteiger partial charge in [0.1, 0.15) is 18.9 Å². The van der Waals surface area contributed by atoms with Gasteiger partial charge >= 0.3 is 12.1 Å². The van der Waals surface area contributed by atoms with E-state index in [4.69, 9.17) is 15.0 Å². The number of carbonyl (C=O) groups is 2. The van der Waals surface area contributed by atoms with Crippen LogP contribution in [0.2, 0.25) is 0 Å². The Kier molecular flexibility index (Phi) is 7.26. The summed E-state index contributed by atoms with van der Waals surface area (Å²) in [5, 5.41) is 5.39. The minimum absolute atomic E-state index is 0.00796. The number of ether oxygens (including phenoxy) is 2. The minimum atomic E-state index is -0.870. The van der Waals surface area contributed by atoms with Crippen LogP contribution in [0.5, 0.6) is 0 Å². The summed E-state index contributed by atoms with van der Waals surface area (Å²) in [6.45, 7) is 0.0363. The van der Waals surface area contributed by atoms with Crippen LogP contribution >= 0.6 is 0 Å². The van der Waals surface area contributed by atoms with Gasteiger partial charge in [0, 0.05) is 11.1 Å². The van der Waals surface area contributed by atoms with Crippen LogP contribution in [0.4, 0.5) is 4.79 Å². The van der Waals surface area contributed by atoms with Crippen molar-refractivity contribution in [1.82, 2.24) is 5.32 Å². The first-order valence-electron chi connectivity index (χ1n) is 7.62. The molecule has 1 amide bonds. The van der Waals surface area contributed by atoms with Crippen LogP contribution < -0.4 is 5.32 Å². The van der Waals surface area contributed by atoms with Gasteiger partial charge in [0.25, 0.3) is 0 Å². The summed E-state index contributed by atoms with van der Waals surface area (Å²) in [7, 11) is 0. The highest BCUT2D eigenvalue weighted by molar-refractivity contribution is 5.92. The number of nitrogens with zero attached hydrogens (tertiary/aromatic N) is 3. The second-order valence-corrected chi connectivity index (χ2v) is 5.00. The maximum Gasteiger partial charge on any atom is 0.412 e. The lowest BCUT2D eigenvalue weighted by atomic mass is 10.2. The van der Waals surface area contributed by atoms with Crippen LogP contribution in [-0.2, 0) is 27.5 Å². The predicted octanol–water partition coefficient (Wildman–Crippen LogP) is 3.81. The molecule has 8 heteroatoms. The van der Waals surface area contributed by atoms with E-state index in [1.54, 1.807) is 36.4 Å². The molecule has 0 spiro atoms. The Balaban J connectivity index is 1.92. The third-order valence-electron chi connectivity index (χ3n) is 3.12. The zero-order valence-corrected chi connectivity index (χ0v) is 13.7. The van der Waals surface area contributed by atoms with Crippen molar-refractivity contribution in [2.24, 2.45) is 5.11 Å². The second-order valence-electron chi connectivity index (χ2n) is 5.00. The van der Waals surface area contributed by atoms with Gasteiger partial charge in [-0.05, 0) is 16.7 Å². The van der Waals surface area contributed by atoms with E-state index in [9.17, 15) is 9.59 Å². The second kappa shape index (κ2) is 10.2. The van der Waals surface area contributed by atoms with Crippen LogP contribution in [0.25, 0.3) is 10.4 Å². The first-order chi connectivity index (χ1) is 12.7. The Hall–Kier alpha value is -3.77. The fraction of sp³-hybridized carbons (Fsp3) is 0.111. The monoisotopic (exact) mass is 352 g/mol. The molecule has 0 unspecified atom stereocenters. The van der Waals surface area contributed by atoms with Gasteiger partial charge in [0.15, 0.2) is 0 Å². The highest BCUT2D eigenvalue weighted by Crippen LogP contribution is 2.05. The summed E-state index contributed by atoms with van der Waals surface area (Å²) < 4.78 is 10.1. The summed E-state index contributed by atoms with van der Waals surface area (Å²) in [6, 6.07) is 18.1.